The predicted molar refractivity (Wildman–Crippen MR) is 132 cm³/mol. The lowest BCUT2D eigenvalue weighted by molar-refractivity contribution is -0.384. The van der Waals surface area contributed by atoms with Crippen molar-refractivity contribution in [3.63, 3.8) is 0 Å². The van der Waals surface area contributed by atoms with Gasteiger partial charge in [-0.25, -0.2) is 0 Å². The summed E-state index contributed by atoms with van der Waals surface area (Å²) in [6, 6.07) is 14.1. The Morgan fingerprint density at radius 1 is 1.18 bits per heavy atom. The second-order valence-corrected chi connectivity index (χ2v) is 10.2. The molecule has 0 spiro atoms. The van der Waals surface area contributed by atoms with Crippen molar-refractivity contribution in [1.29, 1.82) is 0 Å². The van der Waals surface area contributed by atoms with E-state index in [1.165, 1.54) is 6.07 Å². The van der Waals surface area contributed by atoms with Gasteiger partial charge in [-0.1, -0.05) is 38.1 Å². The number of nitrogens with zero attached hydrogens (tertiary/aromatic N) is 2. The lowest BCUT2D eigenvalue weighted by Gasteiger charge is -2.38. The number of ketones is 1. The monoisotopic (exact) mass is 462 g/mol. The molecule has 2 aromatic carbocycles. The maximum absolute atomic E-state index is 13.6. The first-order chi connectivity index (χ1) is 15.7. The molecule has 2 aliphatic carbocycles. The van der Waals surface area contributed by atoms with Gasteiger partial charge in [-0.05, 0) is 54.6 Å². The fraction of sp³-hybridized carbons (Fsp3) is 0.360. The zero-order valence-corrected chi connectivity index (χ0v) is 19.4. The number of hydrogen-bond acceptors (Lipinski definition) is 5. The Hall–Kier alpha value is -3.26. The smallest absolute Gasteiger partial charge is 0.269 e. The van der Waals surface area contributed by atoms with Crippen molar-refractivity contribution < 1.29 is 9.72 Å². The van der Waals surface area contributed by atoms with Crippen molar-refractivity contribution in [3.8, 4) is 0 Å². The molecule has 2 aromatic rings. The normalized spacial score (nSPS) is 21.5. The third-order valence-corrected chi connectivity index (χ3v) is 6.74. The molecule has 33 heavy (non-hydrogen) atoms. The van der Waals surface area contributed by atoms with E-state index in [1.807, 2.05) is 35.2 Å². The topological polar surface area (TPSA) is 87.5 Å². The molecule has 5 rings (SSSR count). The highest BCUT2D eigenvalue weighted by atomic mass is 32.1. The lowest BCUT2D eigenvalue weighted by Crippen LogP contribution is -2.45. The lowest BCUT2D eigenvalue weighted by atomic mass is 9.73. The standard InChI is InChI=1S/C25H26N4O3S/c1-25(2)13-19-22(21(30)14-25)23(15-6-5-7-17(12-15)29(31)32)28(24(33)26-16-10-11-16)20-9-4-3-8-18(20)27-19/h3-9,12,16,23,27H,10-11,13-14H2,1-2H3,(H,26,33)/t23-/m1/s1. The van der Waals surface area contributed by atoms with E-state index in [1.54, 1.807) is 12.1 Å². The van der Waals surface area contributed by atoms with Gasteiger partial charge in [0.15, 0.2) is 10.9 Å². The summed E-state index contributed by atoms with van der Waals surface area (Å²) in [5, 5.41) is 19.0. The number of nitro groups is 1. The van der Waals surface area contributed by atoms with Gasteiger partial charge in [-0.15, -0.1) is 0 Å². The van der Waals surface area contributed by atoms with Crippen LogP contribution in [0.25, 0.3) is 0 Å². The van der Waals surface area contributed by atoms with Crippen LogP contribution in [0.5, 0.6) is 0 Å². The molecule has 0 saturated heterocycles. The van der Waals surface area contributed by atoms with Gasteiger partial charge in [-0.3, -0.25) is 14.9 Å². The van der Waals surface area contributed by atoms with Crippen molar-refractivity contribution in [1.82, 2.24) is 5.32 Å². The first-order valence-electron chi connectivity index (χ1n) is 11.2. The number of nitro benzene ring substituents is 1. The zero-order chi connectivity index (χ0) is 23.3. The van der Waals surface area contributed by atoms with Crippen LogP contribution >= 0.6 is 12.2 Å². The van der Waals surface area contributed by atoms with Crippen LogP contribution in [0, 0.1) is 15.5 Å². The summed E-state index contributed by atoms with van der Waals surface area (Å²) < 4.78 is 0. The third-order valence-electron chi connectivity index (χ3n) is 6.42. The van der Waals surface area contributed by atoms with Crippen molar-refractivity contribution in [2.75, 3.05) is 10.2 Å². The van der Waals surface area contributed by atoms with Crippen molar-refractivity contribution in [2.24, 2.45) is 5.41 Å². The van der Waals surface area contributed by atoms with Gasteiger partial charge >= 0.3 is 0 Å². The first-order valence-corrected chi connectivity index (χ1v) is 11.6. The van der Waals surface area contributed by atoms with E-state index in [4.69, 9.17) is 12.2 Å². The minimum Gasteiger partial charge on any atom is -0.360 e. The Balaban J connectivity index is 1.75. The number of hydrogen-bond donors (Lipinski definition) is 2. The molecule has 0 aromatic heterocycles. The number of anilines is 2. The molecule has 1 heterocycles. The second-order valence-electron chi connectivity index (χ2n) is 9.82. The van der Waals surface area contributed by atoms with E-state index in [9.17, 15) is 14.9 Å². The number of carbonyl (C=O) groups excluding carboxylic acids is 1. The predicted octanol–water partition coefficient (Wildman–Crippen LogP) is 5.25. The number of Topliss-reactive ketones (excluding diaryl/α,β-unsaturated/α-hetero) is 1. The molecule has 3 aliphatic rings. The quantitative estimate of drug-likeness (QED) is 0.366. The summed E-state index contributed by atoms with van der Waals surface area (Å²) in [4.78, 5) is 26.8. The number of allylic oxidation sites excluding steroid dienone is 1. The SMILES string of the molecule is CC1(C)CC(=O)C2=C(C1)Nc1ccccc1N(C(=S)NC1CC1)[C@@H]2c1cccc([N+](=O)[O-])c1. The summed E-state index contributed by atoms with van der Waals surface area (Å²) in [5.41, 5.74) is 3.67. The number of fused-ring (bicyclic) bond motifs is 1. The molecule has 0 amide bonds. The minimum atomic E-state index is -0.571. The number of benzene rings is 2. The number of rotatable bonds is 3. The molecule has 1 saturated carbocycles. The summed E-state index contributed by atoms with van der Waals surface area (Å²) in [5.74, 6) is 0.0392. The van der Waals surface area contributed by atoms with Crippen molar-refractivity contribution in [3.05, 3.63) is 75.5 Å². The van der Waals surface area contributed by atoms with Crippen LogP contribution in [-0.4, -0.2) is 21.9 Å². The van der Waals surface area contributed by atoms with Crippen LogP contribution in [0.15, 0.2) is 59.8 Å². The van der Waals surface area contributed by atoms with Crippen LogP contribution in [0.4, 0.5) is 17.1 Å². The molecule has 170 valence electrons. The number of carbonyl (C=O) groups is 1. The molecule has 7 nitrogen and oxygen atoms in total. The summed E-state index contributed by atoms with van der Waals surface area (Å²) in [7, 11) is 0. The van der Waals surface area contributed by atoms with Crippen molar-refractivity contribution in [2.45, 2.75) is 51.6 Å². The van der Waals surface area contributed by atoms with Gasteiger partial charge in [-0.2, -0.15) is 0 Å². The molecule has 8 heteroatoms. The maximum Gasteiger partial charge on any atom is 0.269 e. The average molecular weight is 463 g/mol. The first kappa shape index (κ1) is 21.6. The molecule has 0 radical (unpaired) electrons. The fourth-order valence-corrected chi connectivity index (χ4v) is 5.18. The van der Waals surface area contributed by atoms with Gasteiger partial charge in [0, 0.05) is 35.9 Å². The number of non-ortho nitro benzene ring substituents is 1. The molecule has 2 N–H and O–H groups in total. The van der Waals surface area contributed by atoms with Crippen LogP contribution in [0.1, 0.15) is 51.1 Å². The minimum absolute atomic E-state index is 0.00949. The molecular formula is C25H26N4O3S. The Labute approximate surface area is 198 Å². The maximum atomic E-state index is 13.6. The van der Waals surface area contributed by atoms with E-state index < -0.39 is 11.0 Å². The number of thiocarbonyl (C=S) groups is 1. The Morgan fingerprint density at radius 2 is 1.94 bits per heavy atom. The third kappa shape index (κ3) is 4.11. The highest BCUT2D eigenvalue weighted by Gasteiger charge is 2.43. The molecule has 1 atom stereocenters. The molecule has 1 aliphatic heterocycles. The largest absolute Gasteiger partial charge is 0.360 e. The number of para-hydroxylation sites is 2. The summed E-state index contributed by atoms with van der Waals surface area (Å²) in [6.07, 6.45) is 3.21. The van der Waals surface area contributed by atoms with Gasteiger partial charge in [0.2, 0.25) is 0 Å². The Kier molecular flexibility index (Phi) is 5.20. The van der Waals surface area contributed by atoms with Gasteiger partial charge in [0.25, 0.3) is 5.69 Å². The van der Waals surface area contributed by atoms with Crippen LogP contribution in [0.2, 0.25) is 0 Å². The summed E-state index contributed by atoms with van der Waals surface area (Å²) in [6.45, 7) is 4.18. The van der Waals surface area contributed by atoms with E-state index in [0.29, 0.717) is 35.1 Å². The molecule has 0 bridgehead atoms. The van der Waals surface area contributed by atoms with Crippen LogP contribution in [0.3, 0.4) is 0 Å². The Bertz CT molecular complexity index is 1200. The van der Waals surface area contributed by atoms with E-state index in [-0.39, 0.29) is 16.9 Å². The Morgan fingerprint density at radius 3 is 2.67 bits per heavy atom. The molecule has 1 fully saturated rings. The average Bonchev–Trinajstić information content (AvgIpc) is 3.57. The highest BCUT2D eigenvalue weighted by Crippen LogP contribution is 2.48. The zero-order valence-electron chi connectivity index (χ0n) is 18.6. The van der Waals surface area contributed by atoms with Gasteiger partial charge in [0.05, 0.1) is 22.3 Å². The van der Waals surface area contributed by atoms with E-state index >= 15 is 0 Å². The van der Waals surface area contributed by atoms with Gasteiger partial charge < -0.3 is 15.5 Å². The molecular weight excluding hydrogens is 436 g/mol. The number of nitrogens with one attached hydrogen (secondary N) is 2. The van der Waals surface area contributed by atoms with Crippen molar-refractivity contribution >= 4 is 40.2 Å². The van der Waals surface area contributed by atoms with E-state index in [2.05, 4.69) is 24.5 Å². The highest BCUT2D eigenvalue weighted by molar-refractivity contribution is 7.80. The van der Waals surface area contributed by atoms with Crippen LogP contribution in [-0.2, 0) is 4.79 Å². The molecule has 0 unspecified atom stereocenters. The van der Waals surface area contributed by atoms with E-state index in [0.717, 1.165) is 29.9 Å². The van der Waals surface area contributed by atoms with Gasteiger partial charge in [0.1, 0.15) is 0 Å². The fourth-order valence-electron chi connectivity index (χ4n) is 4.81. The van der Waals surface area contributed by atoms with Crippen LogP contribution < -0.4 is 15.5 Å². The summed E-state index contributed by atoms with van der Waals surface area (Å²) >= 11 is 5.88. The second kappa shape index (κ2) is 7.95.